The van der Waals surface area contributed by atoms with Gasteiger partial charge in [-0.15, -0.1) is 0 Å². The van der Waals surface area contributed by atoms with E-state index in [1.807, 2.05) is 65.9 Å². The lowest BCUT2D eigenvalue weighted by atomic mass is 9.98. The van der Waals surface area contributed by atoms with Crippen molar-refractivity contribution in [2.75, 3.05) is 7.05 Å². The van der Waals surface area contributed by atoms with Gasteiger partial charge < -0.3 is 4.90 Å². The number of fused-ring (bicyclic) bond motifs is 1. The summed E-state index contributed by atoms with van der Waals surface area (Å²) in [6.45, 7) is 10.0. The zero-order chi connectivity index (χ0) is 15.1. The summed E-state index contributed by atoms with van der Waals surface area (Å²) in [6, 6.07) is 7.83. The van der Waals surface area contributed by atoms with Crippen LogP contribution in [0.3, 0.4) is 0 Å². The van der Waals surface area contributed by atoms with Crippen LogP contribution in [0.2, 0.25) is 0 Å². The zero-order valence-electron chi connectivity index (χ0n) is 13.1. The molecule has 106 valence electrons. The van der Waals surface area contributed by atoms with E-state index in [0.29, 0.717) is 0 Å². The fourth-order valence-electron chi connectivity index (χ4n) is 2.18. The van der Waals surface area contributed by atoms with Crippen molar-refractivity contribution in [2.24, 2.45) is 0 Å². The molecule has 1 aromatic heterocycles. The Morgan fingerprint density at radius 3 is 2.35 bits per heavy atom. The van der Waals surface area contributed by atoms with Crippen LogP contribution in [0.5, 0.6) is 0 Å². The maximum atomic E-state index is 12.9. The highest BCUT2D eigenvalue weighted by Gasteiger charge is 2.26. The van der Waals surface area contributed by atoms with Crippen molar-refractivity contribution in [3.63, 3.8) is 0 Å². The van der Waals surface area contributed by atoms with Crippen molar-refractivity contribution in [1.82, 2.24) is 9.88 Å². The normalized spacial score (nSPS) is 11.7. The summed E-state index contributed by atoms with van der Waals surface area (Å²) in [5.74, 6) is 0.0525. The first-order valence-corrected chi connectivity index (χ1v) is 6.87. The van der Waals surface area contributed by atoms with Crippen LogP contribution in [0, 0.1) is 13.8 Å². The monoisotopic (exact) mass is 270 g/mol. The molecular weight excluding hydrogens is 248 g/mol. The lowest BCUT2D eigenvalue weighted by Crippen LogP contribution is -2.42. The predicted octanol–water partition coefficient (Wildman–Crippen LogP) is 3.72. The Labute approximate surface area is 120 Å². The molecule has 1 heterocycles. The summed E-state index contributed by atoms with van der Waals surface area (Å²) in [4.78, 5) is 19.2. The average Bonchev–Trinajstić information content (AvgIpc) is 2.37. The molecule has 1 aromatic carbocycles. The number of hydrogen-bond acceptors (Lipinski definition) is 2. The molecule has 3 heteroatoms. The van der Waals surface area contributed by atoms with Crippen molar-refractivity contribution in [1.29, 1.82) is 0 Å². The van der Waals surface area contributed by atoms with Crippen LogP contribution in [0.25, 0.3) is 10.9 Å². The van der Waals surface area contributed by atoms with Crippen molar-refractivity contribution in [3.8, 4) is 0 Å². The fraction of sp³-hybridized carbons (Fsp3) is 0.412. The molecule has 0 aliphatic rings. The number of amides is 1. The van der Waals surface area contributed by atoms with Gasteiger partial charge in [0.2, 0.25) is 0 Å². The molecule has 0 spiro atoms. The lowest BCUT2D eigenvalue weighted by molar-refractivity contribution is 0.0657. The lowest BCUT2D eigenvalue weighted by Gasteiger charge is -2.33. The molecule has 0 atom stereocenters. The molecule has 20 heavy (non-hydrogen) atoms. The molecular formula is C17H22N2O. The maximum Gasteiger partial charge on any atom is 0.255 e. The zero-order valence-corrected chi connectivity index (χ0v) is 13.1. The SMILES string of the molecule is Cc1nc2ccccc2c(C(=O)N(C)C(C)(C)C)c1C. The number of benzene rings is 1. The number of para-hydroxylation sites is 1. The Balaban J connectivity index is 2.70. The van der Waals surface area contributed by atoms with Gasteiger partial charge in [-0.2, -0.15) is 0 Å². The second-order valence-corrected chi connectivity index (χ2v) is 6.25. The van der Waals surface area contributed by atoms with E-state index in [1.54, 1.807) is 4.90 Å². The Kier molecular flexibility index (Phi) is 3.55. The summed E-state index contributed by atoms with van der Waals surface area (Å²) in [5.41, 5.74) is 3.31. The largest absolute Gasteiger partial charge is 0.337 e. The Morgan fingerprint density at radius 1 is 1.15 bits per heavy atom. The van der Waals surface area contributed by atoms with Gasteiger partial charge in [-0.05, 0) is 46.2 Å². The van der Waals surface area contributed by atoms with E-state index in [2.05, 4.69) is 4.98 Å². The fourth-order valence-corrected chi connectivity index (χ4v) is 2.18. The van der Waals surface area contributed by atoms with Crippen LogP contribution >= 0.6 is 0 Å². The van der Waals surface area contributed by atoms with E-state index in [-0.39, 0.29) is 11.4 Å². The van der Waals surface area contributed by atoms with Crippen molar-refractivity contribution < 1.29 is 4.79 Å². The third-order valence-electron chi connectivity index (χ3n) is 3.90. The molecule has 2 rings (SSSR count). The third kappa shape index (κ3) is 2.40. The summed E-state index contributed by atoms with van der Waals surface area (Å²) in [6.07, 6.45) is 0. The molecule has 2 aromatic rings. The van der Waals surface area contributed by atoms with Gasteiger partial charge in [0.05, 0.1) is 11.1 Å². The number of nitrogens with zero attached hydrogens (tertiary/aromatic N) is 2. The highest BCUT2D eigenvalue weighted by molar-refractivity contribution is 6.07. The first kappa shape index (κ1) is 14.5. The molecule has 0 saturated carbocycles. The van der Waals surface area contributed by atoms with E-state index in [0.717, 1.165) is 27.7 Å². The molecule has 0 saturated heterocycles. The van der Waals surface area contributed by atoms with Gasteiger partial charge in [0, 0.05) is 23.7 Å². The van der Waals surface area contributed by atoms with Gasteiger partial charge in [0.1, 0.15) is 0 Å². The van der Waals surface area contributed by atoms with E-state index in [4.69, 9.17) is 0 Å². The number of aromatic nitrogens is 1. The van der Waals surface area contributed by atoms with E-state index in [1.165, 1.54) is 0 Å². The van der Waals surface area contributed by atoms with Crippen LogP contribution in [-0.4, -0.2) is 28.4 Å². The summed E-state index contributed by atoms with van der Waals surface area (Å²) >= 11 is 0. The van der Waals surface area contributed by atoms with Gasteiger partial charge in [0.15, 0.2) is 0 Å². The molecule has 0 N–H and O–H groups in total. The maximum absolute atomic E-state index is 12.9. The highest BCUT2D eigenvalue weighted by atomic mass is 16.2. The molecule has 0 fully saturated rings. The smallest absolute Gasteiger partial charge is 0.255 e. The van der Waals surface area contributed by atoms with Gasteiger partial charge in [-0.3, -0.25) is 9.78 Å². The van der Waals surface area contributed by atoms with E-state index >= 15 is 0 Å². The Hall–Kier alpha value is -1.90. The first-order valence-electron chi connectivity index (χ1n) is 6.87. The molecule has 0 aliphatic heterocycles. The number of carbonyl (C=O) groups excluding carboxylic acids is 1. The number of aryl methyl sites for hydroxylation is 1. The van der Waals surface area contributed by atoms with Gasteiger partial charge >= 0.3 is 0 Å². The minimum Gasteiger partial charge on any atom is -0.337 e. The van der Waals surface area contributed by atoms with Crippen molar-refractivity contribution >= 4 is 16.8 Å². The molecule has 0 aliphatic carbocycles. The quantitative estimate of drug-likeness (QED) is 0.791. The summed E-state index contributed by atoms with van der Waals surface area (Å²) < 4.78 is 0. The second-order valence-electron chi connectivity index (χ2n) is 6.25. The average molecular weight is 270 g/mol. The number of pyridine rings is 1. The standard InChI is InChI=1S/C17H22N2O/c1-11-12(2)18-14-10-8-7-9-13(14)15(11)16(20)19(6)17(3,4)5/h7-10H,1-6H3. The Morgan fingerprint density at radius 2 is 1.75 bits per heavy atom. The van der Waals surface area contributed by atoms with Crippen LogP contribution < -0.4 is 0 Å². The van der Waals surface area contributed by atoms with Crippen molar-refractivity contribution in [2.45, 2.75) is 40.2 Å². The topological polar surface area (TPSA) is 33.2 Å². The van der Waals surface area contributed by atoms with Crippen LogP contribution in [0.15, 0.2) is 24.3 Å². The van der Waals surface area contributed by atoms with Crippen molar-refractivity contribution in [3.05, 3.63) is 41.1 Å². The van der Waals surface area contributed by atoms with Crippen LogP contribution in [0.4, 0.5) is 0 Å². The molecule has 1 amide bonds. The predicted molar refractivity (Wildman–Crippen MR) is 83.1 cm³/mol. The summed E-state index contributed by atoms with van der Waals surface area (Å²) in [7, 11) is 1.85. The molecule has 0 radical (unpaired) electrons. The molecule has 0 bridgehead atoms. The van der Waals surface area contributed by atoms with E-state index in [9.17, 15) is 4.79 Å². The van der Waals surface area contributed by atoms with Gasteiger partial charge in [0.25, 0.3) is 5.91 Å². The Bertz CT molecular complexity index is 668. The van der Waals surface area contributed by atoms with Gasteiger partial charge in [-0.1, -0.05) is 18.2 Å². The minimum absolute atomic E-state index is 0.0525. The van der Waals surface area contributed by atoms with Gasteiger partial charge in [-0.25, -0.2) is 0 Å². The van der Waals surface area contributed by atoms with E-state index < -0.39 is 0 Å². The highest BCUT2D eigenvalue weighted by Crippen LogP contribution is 2.26. The van der Waals surface area contributed by atoms with Crippen LogP contribution in [0.1, 0.15) is 42.4 Å². The molecule has 3 nitrogen and oxygen atoms in total. The number of hydrogen-bond donors (Lipinski definition) is 0. The van der Waals surface area contributed by atoms with Crippen LogP contribution in [-0.2, 0) is 0 Å². The molecule has 0 unspecified atom stereocenters. The second kappa shape index (κ2) is 4.89. The summed E-state index contributed by atoms with van der Waals surface area (Å²) in [5, 5.41) is 0.928. The number of rotatable bonds is 1. The number of carbonyl (C=O) groups is 1. The third-order valence-corrected chi connectivity index (χ3v) is 3.90. The first-order chi connectivity index (χ1) is 9.23. The minimum atomic E-state index is -0.207.